The van der Waals surface area contributed by atoms with Gasteiger partial charge in [0.1, 0.15) is 0 Å². The van der Waals surface area contributed by atoms with E-state index in [-0.39, 0.29) is 13.2 Å². The molecule has 1 aromatic carbocycles. The molecule has 1 rings (SSSR count). The average Bonchev–Trinajstić information content (AvgIpc) is 2.36. The van der Waals surface area contributed by atoms with Crippen molar-refractivity contribution in [2.45, 2.75) is 38.1 Å². The number of aliphatic hydroxyl groups excluding tert-OH is 2. The summed E-state index contributed by atoms with van der Waals surface area (Å²) in [4.78, 5) is 0. The maximum Gasteiger partial charge on any atom is 0.0633 e. The largest absolute Gasteiger partial charge is 0.394 e. The number of aliphatic hydroxyl groups is 2. The zero-order valence-corrected chi connectivity index (χ0v) is 10.5. The molecule has 0 aliphatic carbocycles. The van der Waals surface area contributed by atoms with Gasteiger partial charge in [0.25, 0.3) is 0 Å². The van der Waals surface area contributed by atoms with Gasteiger partial charge in [0, 0.05) is 0 Å². The molecule has 0 spiro atoms. The van der Waals surface area contributed by atoms with Gasteiger partial charge in [-0.25, -0.2) is 0 Å². The molecule has 1 aromatic rings. The van der Waals surface area contributed by atoms with Gasteiger partial charge < -0.3 is 15.9 Å². The van der Waals surface area contributed by atoms with E-state index in [0.717, 1.165) is 19.3 Å². The second-order valence-electron chi connectivity index (χ2n) is 4.87. The van der Waals surface area contributed by atoms with E-state index in [2.05, 4.69) is 31.2 Å². The summed E-state index contributed by atoms with van der Waals surface area (Å²) in [5.41, 5.74) is 7.58. The topological polar surface area (TPSA) is 66.5 Å². The van der Waals surface area contributed by atoms with Crippen LogP contribution >= 0.6 is 0 Å². The first-order chi connectivity index (χ1) is 8.09. The first-order valence-corrected chi connectivity index (χ1v) is 6.16. The zero-order valence-electron chi connectivity index (χ0n) is 10.5. The smallest absolute Gasteiger partial charge is 0.0633 e. The van der Waals surface area contributed by atoms with E-state index in [0.29, 0.717) is 6.42 Å². The molecule has 0 aliphatic rings. The van der Waals surface area contributed by atoms with E-state index in [1.54, 1.807) is 0 Å². The Bertz CT molecular complexity index is 317. The molecule has 3 heteroatoms. The van der Waals surface area contributed by atoms with Crippen LogP contribution < -0.4 is 5.73 Å². The minimum atomic E-state index is -0.812. The molecule has 0 aromatic heterocycles. The minimum absolute atomic E-state index is 0.159. The van der Waals surface area contributed by atoms with Crippen molar-refractivity contribution in [1.29, 1.82) is 0 Å². The predicted molar refractivity (Wildman–Crippen MR) is 69.8 cm³/mol. The van der Waals surface area contributed by atoms with Gasteiger partial charge >= 0.3 is 0 Å². The Balaban J connectivity index is 2.26. The summed E-state index contributed by atoms with van der Waals surface area (Å²) in [7, 11) is 0. The van der Waals surface area contributed by atoms with Crippen molar-refractivity contribution in [1.82, 2.24) is 0 Å². The highest BCUT2D eigenvalue weighted by molar-refractivity contribution is 5.21. The van der Waals surface area contributed by atoms with Crippen molar-refractivity contribution < 1.29 is 10.2 Å². The van der Waals surface area contributed by atoms with Gasteiger partial charge in [0.15, 0.2) is 0 Å². The number of hydrogen-bond donors (Lipinski definition) is 3. The van der Waals surface area contributed by atoms with Crippen LogP contribution in [-0.4, -0.2) is 29.0 Å². The lowest BCUT2D eigenvalue weighted by Crippen LogP contribution is -2.47. The SMILES string of the molecule is Cc1ccc(CCCCC(N)(CO)CO)cc1. The van der Waals surface area contributed by atoms with Crippen LogP contribution in [0.4, 0.5) is 0 Å². The molecule has 0 aliphatic heterocycles. The molecular weight excluding hydrogens is 214 g/mol. The summed E-state index contributed by atoms with van der Waals surface area (Å²) in [5.74, 6) is 0. The van der Waals surface area contributed by atoms with Gasteiger partial charge in [0.05, 0.1) is 18.8 Å². The van der Waals surface area contributed by atoms with Crippen LogP contribution in [0.3, 0.4) is 0 Å². The first kappa shape index (κ1) is 14.2. The van der Waals surface area contributed by atoms with Crippen LogP contribution in [0.15, 0.2) is 24.3 Å². The lowest BCUT2D eigenvalue weighted by atomic mass is 9.94. The van der Waals surface area contributed by atoms with Crippen molar-refractivity contribution in [3.63, 3.8) is 0 Å². The van der Waals surface area contributed by atoms with Crippen molar-refractivity contribution in [2.24, 2.45) is 5.73 Å². The molecule has 0 amide bonds. The van der Waals surface area contributed by atoms with Gasteiger partial charge in [0.2, 0.25) is 0 Å². The quantitative estimate of drug-likeness (QED) is 0.628. The number of benzene rings is 1. The Morgan fingerprint density at radius 1 is 1.06 bits per heavy atom. The molecule has 4 N–H and O–H groups in total. The van der Waals surface area contributed by atoms with Gasteiger partial charge in [-0.3, -0.25) is 0 Å². The van der Waals surface area contributed by atoms with Gasteiger partial charge in [-0.15, -0.1) is 0 Å². The van der Waals surface area contributed by atoms with Gasteiger partial charge in [-0.2, -0.15) is 0 Å². The Kier molecular flexibility index (Phi) is 5.62. The van der Waals surface area contributed by atoms with Crippen molar-refractivity contribution in [3.05, 3.63) is 35.4 Å². The Labute approximate surface area is 103 Å². The monoisotopic (exact) mass is 237 g/mol. The molecule has 17 heavy (non-hydrogen) atoms. The third-order valence-electron chi connectivity index (χ3n) is 3.14. The minimum Gasteiger partial charge on any atom is -0.394 e. The summed E-state index contributed by atoms with van der Waals surface area (Å²) < 4.78 is 0. The highest BCUT2D eigenvalue weighted by Crippen LogP contribution is 2.13. The number of unbranched alkanes of at least 4 members (excludes halogenated alkanes) is 1. The Morgan fingerprint density at radius 3 is 2.18 bits per heavy atom. The van der Waals surface area contributed by atoms with Crippen LogP contribution in [0.25, 0.3) is 0 Å². The van der Waals surface area contributed by atoms with E-state index in [9.17, 15) is 0 Å². The van der Waals surface area contributed by atoms with E-state index in [1.807, 2.05) is 0 Å². The molecule has 0 saturated heterocycles. The molecule has 0 atom stereocenters. The van der Waals surface area contributed by atoms with Crippen LogP contribution in [0.2, 0.25) is 0 Å². The van der Waals surface area contributed by atoms with E-state index < -0.39 is 5.54 Å². The molecule has 0 radical (unpaired) electrons. The lowest BCUT2D eigenvalue weighted by Gasteiger charge is -2.24. The molecule has 3 nitrogen and oxygen atoms in total. The molecule has 0 bridgehead atoms. The lowest BCUT2D eigenvalue weighted by molar-refractivity contribution is 0.112. The van der Waals surface area contributed by atoms with Crippen LogP contribution in [0.1, 0.15) is 30.4 Å². The zero-order chi connectivity index (χ0) is 12.7. The molecule has 0 saturated carbocycles. The predicted octanol–water partition coefficient (Wildman–Crippen LogP) is 1.39. The molecule has 0 unspecified atom stereocenters. The fourth-order valence-electron chi connectivity index (χ4n) is 1.77. The normalized spacial score (nSPS) is 11.8. The standard InChI is InChI=1S/C14H23NO2/c1-12-5-7-13(8-6-12)4-2-3-9-14(15,10-16)11-17/h5-8,16-17H,2-4,9-11,15H2,1H3. The molecule has 0 heterocycles. The van der Waals surface area contributed by atoms with Crippen LogP contribution in [-0.2, 0) is 6.42 Å². The molecule has 96 valence electrons. The third-order valence-corrected chi connectivity index (χ3v) is 3.14. The summed E-state index contributed by atoms with van der Waals surface area (Å²) in [6, 6.07) is 8.51. The fourth-order valence-corrected chi connectivity index (χ4v) is 1.77. The maximum atomic E-state index is 9.05. The summed E-state index contributed by atoms with van der Waals surface area (Å²) >= 11 is 0. The fraction of sp³-hybridized carbons (Fsp3) is 0.571. The van der Waals surface area contributed by atoms with E-state index in [1.165, 1.54) is 11.1 Å². The van der Waals surface area contributed by atoms with Crippen LogP contribution in [0.5, 0.6) is 0 Å². The number of aryl methyl sites for hydroxylation is 2. The summed E-state index contributed by atoms with van der Waals surface area (Å²) in [6.07, 6.45) is 3.63. The van der Waals surface area contributed by atoms with Crippen molar-refractivity contribution in [3.8, 4) is 0 Å². The molecule has 0 fully saturated rings. The Hall–Kier alpha value is -0.900. The van der Waals surface area contributed by atoms with Crippen LogP contribution in [0, 0.1) is 6.92 Å². The summed E-state index contributed by atoms with van der Waals surface area (Å²) in [6.45, 7) is 1.76. The Morgan fingerprint density at radius 2 is 1.65 bits per heavy atom. The highest BCUT2D eigenvalue weighted by atomic mass is 16.3. The summed E-state index contributed by atoms with van der Waals surface area (Å²) in [5, 5.41) is 18.1. The van der Waals surface area contributed by atoms with E-state index in [4.69, 9.17) is 15.9 Å². The highest BCUT2D eigenvalue weighted by Gasteiger charge is 2.21. The second kappa shape index (κ2) is 6.74. The first-order valence-electron chi connectivity index (χ1n) is 6.16. The van der Waals surface area contributed by atoms with Gasteiger partial charge in [-0.05, 0) is 31.7 Å². The number of nitrogens with two attached hydrogens (primary N) is 1. The number of hydrogen-bond acceptors (Lipinski definition) is 3. The van der Waals surface area contributed by atoms with Gasteiger partial charge in [-0.1, -0.05) is 36.2 Å². The average molecular weight is 237 g/mol. The van der Waals surface area contributed by atoms with Crippen molar-refractivity contribution in [2.75, 3.05) is 13.2 Å². The van der Waals surface area contributed by atoms with Crippen molar-refractivity contribution >= 4 is 0 Å². The van der Waals surface area contributed by atoms with E-state index >= 15 is 0 Å². The molecular formula is C14H23NO2. The second-order valence-corrected chi connectivity index (χ2v) is 4.87. The number of rotatable bonds is 7. The third kappa shape index (κ3) is 4.86. The maximum absolute atomic E-state index is 9.05.